The lowest BCUT2D eigenvalue weighted by Gasteiger charge is -2.29. The van der Waals surface area contributed by atoms with Crippen LogP contribution in [0.4, 0.5) is 5.69 Å². The second-order valence-electron chi connectivity index (χ2n) is 5.04. The van der Waals surface area contributed by atoms with Crippen molar-refractivity contribution in [1.82, 2.24) is 0 Å². The largest absolute Gasteiger partial charge is 0.488 e. The Kier molecular flexibility index (Phi) is 3.06. The zero-order chi connectivity index (χ0) is 11.8. The van der Waals surface area contributed by atoms with E-state index in [-0.39, 0.29) is 5.41 Å². The van der Waals surface area contributed by atoms with Crippen molar-refractivity contribution in [1.29, 1.82) is 0 Å². The molecule has 0 bridgehead atoms. The van der Waals surface area contributed by atoms with Crippen molar-refractivity contribution >= 4 is 17.4 Å². The first-order valence-corrected chi connectivity index (χ1v) is 6.84. The Morgan fingerprint density at radius 3 is 2.69 bits per heavy atom. The molecule has 0 spiro atoms. The Morgan fingerprint density at radius 2 is 2.06 bits per heavy atom. The summed E-state index contributed by atoms with van der Waals surface area (Å²) in [6, 6.07) is 4.38. The van der Waals surface area contributed by atoms with Gasteiger partial charge in [-0.3, -0.25) is 0 Å². The van der Waals surface area contributed by atoms with Crippen LogP contribution in [0.25, 0.3) is 0 Å². The van der Waals surface area contributed by atoms with E-state index in [2.05, 4.69) is 44.5 Å². The van der Waals surface area contributed by atoms with Gasteiger partial charge in [-0.1, -0.05) is 26.8 Å². The van der Waals surface area contributed by atoms with Crippen LogP contribution in [0.1, 0.15) is 26.3 Å². The maximum absolute atomic E-state index is 5.80. The van der Waals surface area contributed by atoms with Crippen molar-refractivity contribution in [3.05, 3.63) is 17.7 Å². The van der Waals surface area contributed by atoms with Crippen LogP contribution in [0, 0.1) is 0 Å². The zero-order valence-corrected chi connectivity index (χ0v) is 11.2. The van der Waals surface area contributed by atoms with Crippen molar-refractivity contribution in [3.63, 3.8) is 0 Å². The molecule has 2 rings (SSSR count). The van der Waals surface area contributed by atoms with Crippen molar-refractivity contribution in [2.75, 3.05) is 24.7 Å². The molecule has 0 aliphatic carbocycles. The quantitative estimate of drug-likeness (QED) is 0.755. The molecule has 0 fully saturated rings. The first-order chi connectivity index (χ1) is 7.54. The van der Waals surface area contributed by atoms with Gasteiger partial charge in [0.25, 0.3) is 0 Å². The molecular weight excluding hydrogens is 218 g/mol. The summed E-state index contributed by atoms with van der Waals surface area (Å²) in [6.45, 7) is 8.36. The fourth-order valence-electron chi connectivity index (χ4n) is 2.00. The molecule has 1 aromatic rings. The predicted octanol–water partition coefficient (Wildman–Crippen LogP) is 3.51. The molecule has 0 unspecified atom stereocenters. The van der Waals surface area contributed by atoms with Gasteiger partial charge < -0.3 is 10.1 Å². The standard InChI is InChI=1S/C13H19NOS/c1-13(2,3)9-5-6-10(16-4)12-11(9)14-7-8-15-12/h5-6,14H,7-8H2,1-4H3. The lowest BCUT2D eigenvalue weighted by molar-refractivity contribution is 0.314. The molecule has 88 valence electrons. The summed E-state index contributed by atoms with van der Waals surface area (Å²) in [5.74, 6) is 1.03. The molecule has 0 radical (unpaired) electrons. The highest BCUT2D eigenvalue weighted by atomic mass is 32.2. The lowest BCUT2D eigenvalue weighted by atomic mass is 9.85. The first kappa shape index (κ1) is 11.6. The molecule has 0 saturated carbocycles. The number of fused-ring (bicyclic) bond motifs is 1. The zero-order valence-electron chi connectivity index (χ0n) is 10.4. The summed E-state index contributed by atoms with van der Waals surface area (Å²) in [5.41, 5.74) is 2.67. The van der Waals surface area contributed by atoms with E-state index in [1.807, 2.05) is 0 Å². The van der Waals surface area contributed by atoms with Crippen LogP contribution >= 0.6 is 11.8 Å². The topological polar surface area (TPSA) is 21.3 Å². The van der Waals surface area contributed by atoms with Gasteiger partial charge in [-0.25, -0.2) is 0 Å². The van der Waals surface area contributed by atoms with E-state index in [0.717, 1.165) is 18.9 Å². The van der Waals surface area contributed by atoms with Crippen LogP contribution in [0.3, 0.4) is 0 Å². The molecule has 1 aromatic carbocycles. The van der Waals surface area contributed by atoms with Crippen LogP contribution in [0.15, 0.2) is 17.0 Å². The molecule has 1 heterocycles. The van der Waals surface area contributed by atoms with Gasteiger partial charge in [0, 0.05) is 6.54 Å². The summed E-state index contributed by atoms with van der Waals surface area (Å²) in [4.78, 5) is 1.22. The van der Waals surface area contributed by atoms with E-state index in [4.69, 9.17) is 4.74 Å². The van der Waals surface area contributed by atoms with Gasteiger partial charge in [-0.2, -0.15) is 0 Å². The van der Waals surface area contributed by atoms with E-state index < -0.39 is 0 Å². The Labute approximate surface area is 102 Å². The number of hydrogen-bond acceptors (Lipinski definition) is 3. The van der Waals surface area contributed by atoms with Crippen LogP contribution in [-0.4, -0.2) is 19.4 Å². The molecule has 0 amide bonds. The van der Waals surface area contributed by atoms with Crippen molar-refractivity contribution < 1.29 is 4.74 Å². The van der Waals surface area contributed by atoms with E-state index in [1.54, 1.807) is 11.8 Å². The van der Waals surface area contributed by atoms with E-state index in [1.165, 1.54) is 16.1 Å². The Balaban J connectivity index is 2.57. The fourth-order valence-corrected chi connectivity index (χ4v) is 2.55. The Hall–Kier alpha value is -0.830. The third-order valence-corrected chi connectivity index (χ3v) is 3.56. The number of thioether (sulfide) groups is 1. The molecule has 2 nitrogen and oxygen atoms in total. The molecule has 0 saturated heterocycles. The Morgan fingerprint density at radius 1 is 1.31 bits per heavy atom. The summed E-state index contributed by atoms with van der Waals surface area (Å²) in [5, 5.41) is 3.47. The van der Waals surface area contributed by atoms with Crippen molar-refractivity contribution in [3.8, 4) is 5.75 Å². The Bertz CT molecular complexity index is 396. The molecule has 1 aliphatic heterocycles. The van der Waals surface area contributed by atoms with E-state index in [9.17, 15) is 0 Å². The van der Waals surface area contributed by atoms with Gasteiger partial charge >= 0.3 is 0 Å². The highest BCUT2D eigenvalue weighted by molar-refractivity contribution is 7.98. The van der Waals surface area contributed by atoms with E-state index in [0.29, 0.717) is 0 Å². The first-order valence-electron chi connectivity index (χ1n) is 5.62. The van der Waals surface area contributed by atoms with Gasteiger partial charge in [0.2, 0.25) is 0 Å². The third kappa shape index (κ3) is 2.01. The molecule has 0 atom stereocenters. The predicted molar refractivity (Wildman–Crippen MR) is 70.9 cm³/mol. The molecule has 0 aromatic heterocycles. The highest BCUT2D eigenvalue weighted by Gasteiger charge is 2.24. The van der Waals surface area contributed by atoms with Crippen LogP contribution in [-0.2, 0) is 5.41 Å². The minimum absolute atomic E-state index is 0.148. The van der Waals surface area contributed by atoms with Crippen LogP contribution in [0.2, 0.25) is 0 Å². The minimum Gasteiger partial charge on any atom is -0.488 e. The summed E-state index contributed by atoms with van der Waals surface area (Å²) in [7, 11) is 0. The number of nitrogens with one attached hydrogen (secondary N) is 1. The van der Waals surface area contributed by atoms with Crippen LogP contribution < -0.4 is 10.1 Å². The average Bonchev–Trinajstić information content (AvgIpc) is 2.26. The second kappa shape index (κ2) is 4.21. The van der Waals surface area contributed by atoms with E-state index >= 15 is 0 Å². The number of hydrogen-bond donors (Lipinski definition) is 1. The SMILES string of the molecule is CSc1ccc(C(C)(C)C)c2c1OCCN2. The maximum Gasteiger partial charge on any atom is 0.156 e. The lowest BCUT2D eigenvalue weighted by Crippen LogP contribution is -2.23. The number of anilines is 1. The maximum atomic E-state index is 5.80. The molecule has 16 heavy (non-hydrogen) atoms. The second-order valence-corrected chi connectivity index (χ2v) is 5.89. The number of rotatable bonds is 1. The molecular formula is C13H19NOS. The monoisotopic (exact) mass is 237 g/mol. The molecule has 1 N–H and O–H groups in total. The van der Waals surface area contributed by atoms with Gasteiger partial charge in [0.05, 0.1) is 10.6 Å². The number of ether oxygens (including phenoxy) is 1. The molecule has 3 heteroatoms. The van der Waals surface area contributed by atoms with Gasteiger partial charge in [0.1, 0.15) is 6.61 Å². The average molecular weight is 237 g/mol. The smallest absolute Gasteiger partial charge is 0.156 e. The third-order valence-electron chi connectivity index (χ3n) is 2.80. The minimum atomic E-state index is 0.148. The fraction of sp³-hybridized carbons (Fsp3) is 0.538. The summed E-state index contributed by atoms with van der Waals surface area (Å²) < 4.78 is 5.80. The molecule has 1 aliphatic rings. The number of benzene rings is 1. The van der Waals surface area contributed by atoms with Gasteiger partial charge in [0.15, 0.2) is 5.75 Å². The van der Waals surface area contributed by atoms with Crippen molar-refractivity contribution in [2.45, 2.75) is 31.1 Å². The van der Waals surface area contributed by atoms with Gasteiger partial charge in [-0.15, -0.1) is 11.8 Å². The normalized spacial score (nSPS) is 15.0. The summed E-state index contributed by atoms with van der Waals surface area (Å²) >= 11 is 1.74. The van der Waals surface area contributed by atoms with Gasteiger partial charge in [-0.05, 0) is 23.3 Å². The highest BCUT2D eigenvalue weighted by Crippen LogP contribution is 2.43. The summed E-state index contributed by atoms with van der Waals surface area (Å²) in [6.07, 6.45) is 2.09. The van der Waals surface area contributed by atoms with Crippen LogP contribution in [0.5, 0.6) is 5.75 Å². The van der Waals surface area contributed by atoms with Crippen molar-refractivity contribution in [2.24, 2.45) is 0 Å².